The van der Waals surface area contributed by atoms with Crippen molar-refractivity contribution >= 4 is 56.6 Å². The number of nitrogens with zero attached hydrogens (tertiary/aromatic N) is 2. The van der Waals surface area contributed by atoms with Crippen LogP contribution in [0.15, 0.2) is 59.4 Å². The molecule has 0 saturated carbocycles. The second kappa shape index (κ2) is 8.24. The molecule has 5 rings (SSSR count). The zero-order chi connectivity index (χ0) is 22.4. The standard InChI is InChI=1S/C25H18Cl2N2O2S/c1-14-8-15(2)23-21(9-14)29-24(30)22(32-25(29)28-23)12-16-4-3-5-18(10-16)31-13-17-6-7-19(26)20(27)11-17/h3-12H,13H2,1-2H3. The summed E-state index contributed by atoms with van der Waals surface area (Å²) in [6.07, 6.45) is 1.88. The maximum atomic E-state index is 13.1. The molecule has 5 aromatic rings. The topological polar surface area (TPSA) is 43.6 Å². The SMILES string of the molecule is Cc1cc(C)c2nc3sc(=Cc4cccc(OCc5ccc(Cl)c(Cl)c5)c4)c(=O)n3c2c1. The number of fused-ring (bicyclic) bond motifs is 3. The Morgan fingerprint density at radius 2 is 1.91 bits per heavy atom. The van der Waals surface area contributed by atoms with Gasteiger partial charge in [-0.3, -0.25) is 4.79 Å². The molecule has 2 heterocycles. The molecule has 2 aromatic heterocycles. The summed E-state index contributed by atoms with van der Waals surface area (Å²) in [5.74, 6) is 0.704. The molecule has 0 unspecified atom stereocenters. The molecule has 0 saturated heterocycles. The Balaban J connectivity index is 1.48. The van der Waals surface area contributed by atoms with Crippen LogP contribution >= 0.6 is 34.5 Å². The van der Waals surface area contributed by atoms with E-state index in [0.717, 1.165) is 33.3 Å². The first-order valence-corrected chi connectivity index (χ1v) is 11.6. The van der Waals surface area contributed by atoms with Crippen LogP contribution in [0.2, 0.25) is 10.0 Å². The van der Waals surface area contributed by atoms with Gasteiger partial charge in [0.2, 0.25) is 0 Å². The monoisotopic (exact) mass is 480 g/mol. The summed E-state index contributed by atoms with van der Waals surface area (Å²) in [6, 6.07) is 17.2. The van der Waals surface area contributed by atoms with E-state index < -0.39 is 0 Å². The van der Waals surface area contributed by atoms with E-state index in [9.17, 15) is 4.79 Å². The van der Waals surface area contributed by atoms with Crippen molar-refractivity contribution in [3.63, 3.8) is 0 Å². The average molecular weight is 481 g/mol. The van der Waals surface area contributed by atoms with Gasteiger partial charge in [-0.25, -0.2) is 9.38 Å². The van der Waals surface area contributed by atoms with Gasteiger partial charge in [-0.05, 0) is 72.5 Å². The van der Waals surface area contributed by atoms with Crippen LogP contribution in [0.25, 0.3) is 22.1 Å². The second-order valence-electron chi connectivity index (χ2n) is 7.70. The fraction of sp³-hybridized carbons (Fsp3) is 0.120. The molecule has 0 radical (unpaired) electrons. The lowest BCUT2D eigenvalue weighted by atomic mass is 10.1. The third-order valence-corrected chi connectivity index (χ3v) is 6.93. The minimum Gasteiger partial charge on any atom is -0.489 e. The Labute approximate surface area is 198 Å². The predicted molar refractivity (Wildman–Crippen MR) is 132 cm³/mol. The highest BCUT2D eigenvalue weighted by Gasteiger charge is 2.13. The van der Waals surface area contributed by atoms with Gasteiger partial charge in [-0.1, -0.05) is 58.8 Å². The Bertz CT molecular complexity index is 1600. The van der Waals surface area contributed by atoms with Gasteiger partial charge in [0.15, 0.2) is 4.96 Å². The van der Waals surface area contributed by atoms with Gasteiger partial charge in [0.1, 0.15) is 12.4 Å². The van der Waals surface area contributed by atoms with E-state index >= 15 is 0 Å². The number of hydrogen-bond donors (Lipinski definition) is 0. The molecule has 0 bridgehead atoms. The first-order chi connectivity index (χ1) is 15.4. The van der Waals surface area contributed by atoms with Gasteiger partial charge in [-0.15, -0.1) is 0 Å². The van der Waals surface area contributed by atoms with Gasteiger partial charge in [0.25, 0.3) is 5.56 Å². The molecule has 4 nitrogen and oxygen atoms in total. The molecular formula is C25H18Cl2N2O2S. The van der Waals surface area contributed by atoms with Crippen molar-refractivity contribution in [3.05, 3.63) is 102 Å². The molecule has 0 atom stereocenters. The Morgan fingerprint density at radius 3 is 2.72 bits per heavy atom. The van der Waals surface area contributed by atoms with Gasteiger partial charge in [0.05, 0.1) is 25.6 Å². The summed E-state index contributed by atoms with van der Waals surface area (Å²) in [6.45, 7) is 4.41. The average Bonchev–Trinajstić information content (AvgIpc) is 3.26. The van der Waals surface area contributed by atoms with Crippen LogP contribution in [-0.4, -0.2) is 9.38 Å². The molecule has 7 heteroatoms. The predicted octanol–water partition coefficient (Wildman–Crippen LogP) is 5.96. The molecule has 0 aliphatic heterocycles. The maximum absolute atomic E-state index is 13.1. The number of benzene rings is 3. The molecule has 0 aliphatic rings. The van der Waals surface area contributed by atoms with Crippen molar-refractivity contribution in [2.24, 2.45) is 0 Å². The highest BCUT2D eigenvalue weighted by molar-refractivity contribution is 7.15. The highest BCUT2D eigenvalue weighted by Crippen LogP contribution is 2.24. The minimum absolute atomic E-state index is 0.0559. The molecule has 3 aromatic carbocycles. The molecule has 32 heavy (non-hydrogen) atoms. The van der Waals surface area contributed by atoms with Crippen molar-refractivity contribution in [3.8, 4) is 5.75 Å². The molecule has 160 valence electrons. The third-order valence-electron chi connectivity index (χ3n) is 5.22. The lowest BCUT2D eigenvalue weighted by Gasteiger charge is -2.08. The van der Waals surface area contributed by atoms with Crippen molar-refractivity contribution in [2.75, 3.05) is 0 Å². The van der Waals surface area contributed by atoms with E-state index in [1.807, 2.05) is 56.3 Å². The molecule has 0 aliphatic carbocycles. The lowest BCUT2D eigenvalue weighted by Crippen LogP contribution is -2.22. The van der Waals surface area contributed by atoms with Crippen LogP contribution < -0.4 is 14.8 Å². The quantitative estimate of drug-likeness (QED) is 0.318. The summed E-state index contributed by atoms with van der Waals surface area (Å²) in [7, 11) is 0. The Morgan fingerprint density at radius 1 is 1.06 bits per heavy atom. The zero-order valence-electron chi connectivity index (χ0n) is 17.4. The van der Waals surface area contributed by atoms with Crippen LogP contribution in [-0.2, 0) is 6.61 Å². The summed E-state index contributed by atoms with van der Waals surface area (Å²) in [4.78, 5) is 18.5. The largest absolute Gasteiger partial charge is 0.489 e. The number of aryl methyl sites for hydroxylation is 2. The summed E-state index contributed by atoms with van der Waals surface area (Å²) < 4.78 is 8.25. The number of hydrogen-bond acceptors (Lipinski definition) is 4. The molecule has 0 amide bonds. The zero-order valence-corrected chi connectivity index (χ0v) is 19.7. The van der Waals surface area contributed by atoms with E-state index in [4.69, 9.17) is 27.9 Å². The maximum Gasteiger partial charge on any atom is 0.274 e. The van der Waals surface area contributed by atoms with E-state index in [1.54, 1.807) is 16.5 Å². The number of aromatic nitrogens is 2. The minimum atomic E-state index is -0.0559. The van der Waals surface area contributed by atoms with E-state index in [2.05, 4.69) is 11.1 Å². The van der Waals surface area contributed by atoms with Crippen LogP contribution in [0, 0.1) is 13.8 Å². The molecular weight excluding hydrogens is 463 g/mol. The van der Waals surface area contributed by atoms with Crippen molar-refractivity contribution in [1.29, 1.82) is 0 Å². The first kappa shape index (κ1) is 21.0. The smallest absolute Gasteiger partial charge is 0.274 e. The number of ether oxygens (including phenoxy) is 1. The van der Waals surface area contributed by atoms with E-state index in [0.29, 0.717) is 31.9 Å². The fourth-order valence-electron chi connectivity index (χ4n) is 3.75. The van der Waals surface area contributed by atoms with Crippen molar-refractivity contribution in [1.82, 2.24) is 9.38 Å². The van der Waals surface area contributed by atoms with Crippen LogP contribution in [0.3, 0.4) is 0 Å². The van der Waals surface area contributed by atoms with Crippen LogP contribution in [0.4, 0.5) is 0 Å². The molecule has 0 N–H and O–H groups in total. The normalized spacial score (nSPS) is 12.2. The highest BCUT2D eigenvalue weighted by atomic mass is 35.5. The number of halogens is 2. The van der Waals surface area contributed by atoms with Crippen molar-refractivity contribution in [2.45, 2.75) is 20.5 Å². The van der Waals surface area contributed by atoms with Gasteiger partial charge < -0.3 is 4.74 Å². The fourth-order valence-corrected chi connectivity index (χ4v) is 5.05. The molecule has 0 spiro atoms. The van der Waals surface area contributed by atoms with Gasteiger partial charge >= 0.3 is 0 Å². The number of thiazole rings is 1. The van der Waals surface area contributed by atoms with Gasteiger partial charge in [-0.2, -0.15) is 0 Å². The third kappa shape index (κ3) is 3.88. The Hall–Kier alpha value is -2.86. The van der Waals surface area contributed by atoms with E-state index in [-0.39, 0.29) is 5.56 Å². The van der Waals surface area contributed by atoms with Crippen LogP contribution in [0.5, 0.6) is 5.75 Å². The van der Waals surface area contributed by atoms with Crippen LogP contribution in [0.1, 0.15) is 22.3 Å². The first-order valence-electron chi connectivity index (χ1n) is 10.00. The Kier molecular flexibility index (Phi) is 5.41. The summed E-state index contributed by atoms with van der Waals surface area (Å²) >= 11 is 13.4. The lowest BCUT2D eigenvalue weighted by molar-refractivity contribution is 0.306. The van der Waals surface area contributed by atoms with Gasteiger partial charge in [0, 0.05) is 0 Å². The number of imidazole rings is 1. The van der Waals surface area contributed by atoms with E-state index in [1.165, 1.54) is 11.3 Å². The molecule has 0 fully saturated rings. The second-order valence-corrected chi connectivity index (χ2v) is 9.53. The number of rotatable bonds is 4. The summed E-state index contributed by atoms with van der Waals surface area (Å²) in [5, 5.41) is 1.01. The summed E-state index contributed by atoms with van der Waals surface area (Å²) in [5.41, 5.74) is 5.68. The van der Waals surface area contributed by atoms with Crippen molar-refractivity contribution < 1.29 is 4.74 Å².